The number of nitrogens with two attached hydrogens (primary N) is 1. The molecule has 6 heteroatoms. The highest BCUT2D eigenvalue weighted by atomic mass is 35.5. The predicted octanol–water partition coefficient (Wildman–Crippen LogP) is 2.11. The number of benzene rings is 1. The Hall–Kier alpha value is -1.17. The molecule has 1 aliphatic rings. The Morgan fingerprint density at radius 2 is 2.04 bits per heavy atom. The van der Waals surface area contributed by atoms with E-state index in [4.69, 9.17) is 5.73 Å². The Morgan fingerprint density at radius 3 is 2.74 bits per heavy atom. The molecular weight excluding hydrogens is 317 g/mol. The molecule has 2 rings (SSSR count). The first-order valence-corrected chi connectivity index (χ1v) is 8.14. The molecule has 1 aromatic rings. The average Bonchev–Trinajstić information content (AvgIpc) is 2.51. The van der Waals surface area contributed by atoms with E-state index < -0.39 is 0 Å². The van der Waals surface area contributed by atoms with Crippen LogP contribution in [0.4, 0.5) is 4.39 Å². The summed E-state index contributed by atoms with van der Waals surface area (Å²) in [7, 11) is 0. The van der Waals surface area contributed by atoms with E-state index in [-0.39, 0.29) is 24.1 Å². The van der Waals surface area contributed by atoms with Crippen LogP contribution in [0.1, 0.15) is 31.2 Å². The fourth-order valence-corrected chi connectivity index (χ4v) is 3.03. The van der Waals surface area contributed by atoms with Gasteiger partial charge in [0.05, 0.1) is 6.54 Å². The SMILES string of the molecule is Cl.NCCC1CCCCN1CC(=O)NCCc1ccc(F)cc1. The standard InChI is InChI=1S/C17H26FN3O.ClH/c18-15-6-4-14(5-7-15)9-11-20-17(22)13-21-12-2-1-3-16(21)8-10-19;/h4-7,16H,1-3,8-13,19H2,(H,20,22);1H. The van der Waals surface area contributed by atoms with Gasteiger partial charge in [-0.15, -0.1) is 12.4 Å². The fourth-order valence-electron chi connectivity index (χ4n) is 3.03. The van der Waals surface area contributed by atoms with Crippen molar-refractivity contribution in [3.05, 3.63) is 35.6 Å². The molecule has 0 bridgehead atoms. The van der Waals surface area contributed by atoms with E-state index in [2.05, 4.69) is 10.2 Å². The Kier molecular flexibility index (Phi) is 9.14. The third-order valence-corrected chi connectivity index (χ3v) is 4.24. The Balaban J connectivity index is 0.00000264. The maximum absolute atomic E-state index is 12.8. The summed E-state index contributed by atoms with van der Waals surface area (Å²) in [5, 5.41) is 2.95. The molecule has 4 nitrogen and oxygen atoms in total. The quantitative estimate of drug-likeness (QED) is 0.797. The maximum Gasteiger partial charge on any atom is 0.234 e. The molecule has 1 aromatic carbocycles. The summed E-state index contributed by atoms with van der Waals surface area (Å²) in [6.45, 7) is 2.69. The fraction of sp³-hybridized carbons (Fsp3) is 0.588. The molecule has 1 unspecified atom stereocenters. The van der Waals surface area contributed by atoms with E-state index in [0.29, 0.717) is 25.7 Å². The van der Waals surface area contributed by atoms with Crippen molar-refractivity contribution in [3.8, 4) is 0 Å². The molecular formula is C17H27ClFN3O. The molecule has 1 fully saturated rings. The van der Waals surface area contributed by atoms with Crippen LogP contribution in [0, 0.1) is 5.82 Å². The van der Waals surface area contributed by atoms with Crippen LogP contribution in [-0.2, 0) is 11.2 Å². The smallest absolute Gasteiger partial charge is 0.234 e. The third-order valence-electron chi connectivity index (χ3n) is 4.24. The zero-order valence-electron chi connectivity index (χ0n) is 13.5. The van der Waals surface area contributed by atoms with Crippen molar-refractivity contribution in [2.75, 3.05) is 26.2 Å². The molecule has 1 heterocycles. The molecule has 3 N–H and O–H groups in total. The van der Waals surface area contributed by atoms with Crippen molar-refractivity contribution in [2.24, 2.45) is 5.73 Å². The summed E-state index contributed by atoms with van der Waals surface area (Å²) in [6.07, 6.45) is 5.21. The van der Waals surface area contributed by atoms with Crippen molar-refractivity contribution >= 4 is 18.3 Å². The second-order valence-corrected chi connectivity index (χ2v) is 5.92. The van der Waals surface area contributed by atoms with E-state index in [1.54, 1.807) is 12.1 Å². The molecule has 0 spiro atoms. The minimum atomic E-state index is -0.233. The molecule has 130 valence electrons. The first kappa shape index (κ1) is 19.9. The summed E-state index contributed by atoms with van der Waals surface area (Å²) in [4.78, 5) is 14.3. The minimum absolute atomic E-state index is 0. The van der Waals surface area contributed by atoms with Crippen molar-refractivity contribution < 1.29 is 9.18 Å². The number of piperidine rings is 1. The second kappa shape index (κ2) is 10.6. The first-order valence-electron chi connectivity index (χ1n) is 8.14. The van der Waals surface area contributed by atoms with Gasteiger partial charge in [-0.2, -0.15) is 0 Å². The maximum atomic E-state index is 12.8. The number of nitrogens with zero attached hydrogens (tertiary/aromatic N) is 1. The summed E-state index contributed by atoms with van der Waals surface area (Å²) in [5.41, 5.74) is 6.68. The molecule has 1 atom stereocenters. The van der Waals surface area contributed by atoms with Gasteiger partial charge in [0.15, 0.2) is 0 Å². The monoisotopic (exact) mass is 343 g/mol. The lowest BCUT2D eigenvalue weighted by molar-refractivity contribution is -0.123. The zero-order valence-corrected chi connectivity index (χ0v) is 14.3. The van der Waals surface area contributed by atoms with E-state index in [1.807, 2.05) is 0 Å². The highest BCUT2D eigenvalue weighted by Gasteiger charge is 2.23. The van der Waals surface area contributed by atoms with Crippen LogP contribution >= 0.6 is 12.4 Å². The van der Waals surface area contributed by atoms with Crippen LogP contribution < -0.4 is 11.1 Å². The van der Waals surface area contributed by atoms with Gasteiger partial charge in [-0.05, 0) is 56.5 Å². The van der Waals surface area contributed by atoms with Gasteiger partial charge in [-0.3, -0.25) is 9.69 Å². The number of amides is 1. The van der Waals surface area contributed by atoms with E-state index >= 15 is 0 Å². The van der Waals surface area contributed by atoms with Crippen molar-refractivity contribution in [3.63, 3.8) is 0 Å². The number of hydrogen-bond acceptors (Lipinski definition) is 3. The number of rotatable bonds is 7. The molecule has 1 saturated heterocycles. The van der Waals surface area contributed by atoms with E-state index in [9.17, 15) is 9.18 Å². The zero-order chi connectivity index (χ0) is 15.8. The number of halogens is 2. The Labute approximate surface area is 144 Å². The lowest BCUT2D eigenvalue weighted by Crippen LogP contribution is -2.46. The summed E-state index contributed by atoms with van der Waals surface area (Å²) < 4.78 is 12.8. The molecule has 0 radical (unpaired) electrons. The highest BCUT2D eigenvalue weighted by molar-refractivity contribution is 5.85. The number of hydrogen-bond donors (Lipinski definition) is 2. The number of likely N-dealkylation sites (tertiary alicyclic amines) is 1. The van der Waals surface area contributed by atoms with Gasteiger partial charge in [-0.1, -0.05) is 18.6 Å². The van der Waals surface area contributed by atoms with Crippen molar-refractivity contribution in [2.45, 2.75) is 38.1 Å². The molecule has 1 amide bonds. The van der Waals surface area contributed by atoms with Crippen molar-refractivity contribution in [1.29, 1.82) is 0 Å². The number of nitrogens with one attached hydrogen (secondary N) is 1. The Morgan fingerprint density at radius 1 is 1.30 bits per heavy atom. The Bertz CT molecular complexity index is 467. The molecule has 0 aliphatic carbocycles. The lowest BCUT2D eigenvalue weighted by Gasteiger charge is -2.35. The summed E-state index contributed by atoms with van der Waals surface area (Å²) in [5.74, 6) is -0.171. The summed E-state index contributed by atoms with van der Waals surface area (Å²) in [6, 6.07) is 6.85. The first-order chi connectivity index (χ1) is 10.7. The number of carbonyl (C=O) groups is 1. The van der Waals surface area contributed by atoms with Crippen LogP contribution in [0.15, 0.2) is 24.3 Å². The van der Waals surface area contributed by atoms with Crippen LogP contribution in [0.2, 0.25) is 0 Å². The molecule has 0 saturated carbocycles. The van der Waals surface area contributed by atoms with Gasteiger partial charge in [0.2, 0.25) is 5.91 Å². The van der Waals surface area contributed by atoms with Gasteiger partial charge in [-0.25, -0.2) is 4.39 Å². The van der Waals surface area contributed by atoms with Gasteiger partial charge in [0, 0.05) is 12.6 Å². The second-order valence-electron chi connectivity index (χ2n) is 5.92. The van der Waals surface area contributed by atoms with Crippen molar-refractivity contribution in [1.82, 2.24) is 10.2 Å². The molecule has 0 aromatic heterocycles. The highest BCUT2D eigenvalue weighted by Crippen LogP contribution is 2.18. The van der Waals surface area contributed by atoms with Crippen LogP contribution in [-0.4, -0.2) is 43.0 Å². The topological polar surface area (TPSA) is 58.4 Å². The van der Waals surface area contributed by atoms with Crippen LogP contribution in [0.25, 0.3) is 0 Å². The van der Waals surface area contributed by atoms with Gasteiger partial charge < -0.3 is 11.1 Å². The minimum Gasteiger partial charge on any atom is -0.355 e. The van der Waals surface area contributed by atoms with Crippen LogP contribution in [0.5, 0.6) is 0 Å². The third kappa shape index (κ3) is 6.85. The molecule has 23 heavy (non-hydrogen) atoms. The average molecular weight is 344 g/mol. The largest absolute Gasteiger partial charge is 0.355 e. The van der Waals surface area contributed by atoms with E-state index in [0.717, 1.165) is 37.8 Å². The number of carbonyl (C=O) groups excluding carboxylic acids is 1. The van der Waals surface area contributed by atoms with E-state index in [1.165, 1.54) is 18.6 Å². The lowest BCUT2D eigenvalue weighted by atomic mass is 9.99. The normalized spacial score (nSPS) is 18.3. The van der Waals surface area contributed by atoms with Gasteiger partial charge in [0.25, 0.3) is 0 Å². The summed E-state index contributed by atoms with van der Waals surface area (Å²) >= 11 is 0. The predicted molar refractivity (Wildman–Crippen MR) is 93.2 cm³/mol. The van der Waals surface area contributed by atoms with Gasteiger partial charge in [0.1, 0.15) is 5.82 Å². The van der Waals surface area contributed by atoms with Crippen LogP contribution in [0.3, 0.4) is 0 Å². The van der Waals surface area contributed by atoms with Gasteiger partial charge >= 0.3 is 0 Å². The molecule has 1 aliphatic heterocycles.